The molecule has 1 amide bonds. The second-order valence-electron chi connectivity index (χ2n) is 5.90. The molecule has 2 rings (SSSR count). The number of hydrogen-bond acceptors (Lipinski definition) is 2. The van der Waals surface area contributed by atoms with E-state index in [0.717, 1.165) is 23.7 Å². The Morgan fingerprint density at radius 3 is 2.58 bits per heavy atom. The van der Waals surface area contributed by atoms with E-state index in [9.17, 15) is 4.79 Å². The third kappa shape index (κ3) is 6.00. The highest BCUT2D eigenvalue weighted by Gasteiger charge is 2.10. The Kier molecular flexibility index (Phi) is 7.32. The van der Waals surface area contributed by atoms with Crippen molar-refractivity contribution in [2.45, 2.75) is 39.2 Å². The maximum Gasteiger partial charge on any atom is 0.258 e. The van der Waals surface area contributed by atoms with Crippen molar-refractivity contribution in [2.75, 3.05) is 6.61 Å². The zero-order valence-electron chi connectivity index (χ0n) is 14.2. The number of amides is 1. The fourth-order valence-electron chi connectivity index (χ4n) is 2.44. The Labute approximate surface area is 152 Å². The lowest BCUT2D eigenvalue weighted by Gasteiger charge is -2.15. The fourth-order valence-corrected chi connectivity index (χ4v) is 2.98. The molecule has 0 spiro atoms. The van der Waals surface area contributed by atoms with Crippen LogP contribution in [0.4, 0.5) is 0 Å². The van der Waals surface area contributed by atoms with Crippen LogP contribution in [0.3, 0.4) is 0 Å². The van der Waals surface area contributed by atoms with E-state index in [1.54, 1.807) is 0 Å². The molecule has 3 nitrogen and oxygen atoms in total. The van der Waals surface area contributed by atoms with Gasteiger partial charge in [0, 0.05) is 6.04 Å². The van der Waals surface area contributed by atoms with Crippen LogP contribution in [0.15, 0.2) is 53.0 Å². The first-order chi connectivity index (χ1) is 11.6. The van der Waals surface area contributed by atoms with Crippen molar-refractivity contribution in [3.05, 3.63) is 64.1 Å². The van der Waals surface area contributed by atoms with Crippen LogP contribution in [0, 0.1) is 0 Å². The first-order valence-corrected chi connectivity index (χ1v) is 9.12. The number of carbonyl (C=O) groups is 1. The van der Waals surface area contributed by atoms with Gasteiger partial charge in [-0.15, -0.1) is 0 Å². The lowest BCUT2D eigenvalue weighted by atomic mass is 10.1. The summed E-state index contributed by atoms with van der Waals surface area (Å²) in [5.41, 5.74) is 2.52. The summed E-state index contributed by atoms with van der Waals surface area (Å²) < 4.78 is 6.48. The number of halogens is 1. The second kappa shape index (κ2) is 9.48. The highest BCUT2D eigenvalue weighted by atomic mass is 79.9. The Hall–Kier alpha value is -1.81. The predicted octanol–water partition coefficient (Wildman–Crippen LogP) is 4.53. The van der Waals surface area contributed by atoms with Gasteiger partial charge in [-0.1, -0.05) is 43.3 Å². The first-order valence-electron chi connectivity index (χ1n) is 8.33. The molecule has 1 unspecified atom stereocenters. The van der Waals surface area contributed by atoms with Gasteiger partial charge in [0.1, 0.15) is 5.75 Å². The lowest BCUT2D eigenvalue weighted by molar-refractivity contribution is -0.123. The van der Waals surface area contributed by atoms with Gasteiger partial charge in [-0.25, -0.2) is 0 Å². The Bertz CT molecular complexity index is 658. The van der Waals surface area contributed by atoms with Gasteiger partial charge in [-0.05, 0) is 65.4 Å². The lowest BCUT2D eigenvalue weighted by Crippen LogP contribution is -2.36. The number of hydrogen-bond donors (Lipinski definition) is 1. The quantitative estimate of drug-likeness (QED) is 0.720. The van der Waals surface area contributed by atoms with E-state index in [2.05, 4.69) is 40.3 Å². The van der Waals surface area contributed by atoms with Crippen LogP contribution in [0.5, 0.6) is 5.75 Å². The van der Waals surface area contributed by atoms with E-state index in [-0.39, 0.29) is 18.6 Å². The van der Waals surface area contributed by atoms with E-state index in [0.29, 0.717) is 5.75 Å². The smallest absolute Gasteiger partial charge is 0.258 e. The van der Waals surface area contributed by atoms with Crippen LogP contribution in [-0.2, 0) is 17.6 Å². The molecule has 2 aromatic carbocycles. The summed E-state index contributed by atoms with van der Waals surface area (Å²) in [7, 11) is 0. The van der Waals surface area contributed by atoms with Gasteiger partial charge < -0.3 is 10.1 Å². The number of nitrogens with one attached hydrogen (secondary N) is 1. The second-order valence-corrected chi connectivity index (χ2v) is 6.75. The summed E-state index contributed by atoms with van der Waals surface area (Å²) in [5, 5.41) is 2.98. The molecule has 1 atom stereocenters. The summed E-state index contributed by atoms with van der Waals surface area (Å²) in [6, 6.07) is 16.3. The standard InChI is InChI=1S/C20H24BrNO2/c1-3-16-11-12-19(18(21)13-16)24-14-20(23)22-15(2)9-10-17-7-5-4-6-8-17/h4-8,11-13,15H,3,9-10,14H2,1-2H3,(H,22,23). The third-order valence-electron chi connectivity index (χ3n) is 3.88. The van der Waals surface area contributed by atoms with Crippen molar-refractivity contribution in [1.82, 2.24) is 5.32 Å². The SMILES string of the molecule is CCc1ccc(OCC(=O)NC(C)CCc2ccccc2)c(Br)c1. The van der Waals surface area contributed by atoms with E-state index in [1.807, 2.05) is 43.3 Å². The van der Waals surface area contributed by atoms with E-state index >= 15 is 0 Å². The molecule has 0 bridgehead atoms. The topological polar surface area (TPSA) is 38.3 Å². The molecule has 0 fully saturated rings. The molecular formula is C20H24BrNO2. The monoisotopic (exact) mass is 389 g/mol. The van der Waals surface area contributed by atoms with Crippen molar-refractivity contribution in [1.29, 1.82) is 0 Å². The number of aryl methyl sites for hydroxylation is 2. The van der Waals surface area contributed by atoms with Crippen LogP contribution in [0.25, 0.3) is 0 Å². The van der Waals surface area contributed by atoms with Gasteiger partial charge in [-0.3, -0.25) is 4.79 Å². The largest absolute Gasteiger partial charge is 0.483 e. The third-order valence-corrected chi connectivity index (χ3v) is 4.50. The Morgan fingerprint density at radius 2 is 1.92 bits per heavy atom. The maximum atomic E-state index is 12.0. The van der Waals surface area contributed by atoms with Gasteiger partial charge in [0.25, 0.3) is 5.91 Å². The zero-order valence-corrected chi connectivity index (χ0v) is 15.8. The van der Waals surface area contributed by atoms with Crippen molar-refractivity contribution >= 4 is 21.8 Å². The number of ether oxygens (including phenoxy) is 1. The minimum atomic E-state index is -0.0953. The average Bonchev–Trinajstić information content (AvgIpc) is 2.59. The van der Waals surface area contributed by atoms with Crippen LogP contribution in [0.2, 0.25) is 0 Å². The van der Waals surface area contributed by atoms with Gasteiger partial charge in [-0.2, -0.15) is 0 Å². The van der Waals surface area contributed by atoms with Crippen LogP contribution >= 0.6 is 15.9 Å². The van der Waals surface area contributed by atoms with Gasteiger partial charge in [0.15, 0.2) is 6.61 Å². The fraction of sp³-hybridized carbons (Fsp3) is 0.350. The predicted molar refractivity (Wildman–Crippen MR) is 101 cm³/mol. The molecule has 0 aromatic heterocycles. The van der Waals surface area contributed by atoms with Crippen molar-refractivity contribution in [2.24, 2.45) is 0 Å². The molecule has 2 aromatic rings. The number of rotatable bonds is 8. The Morgan fingerprint density at radius 1 is 1.17 bits per heavy atom. The summed E-state index contributed by atoms with van der Waals surface area (Å²) in [6.07, 6.45) is 2.83. The maximum absolute atomic E-state index is 12.0. The normalized spacial score (nSPS) is 11.8. The minimum Gasteiger partial charge on any atom is -0.483 e. The molecule has 128 valence electrons. The van der Waals surface area contributed by atoms with E-state index in [4.69, 9.17) is 4.74 Å². The molecule has 0 aliphatic carbocycles. The van der Waals surface area contributed by atoms with E-state index < -0.39 is 0 Å². The summed E-state index contributed by atoms with van der Waals surface area (Å²) in [6.45, 7) is 4.15. The summed E-state index contributed by atoms with van der Waals surface area (Å²) in [5.74, 6) is 0.598. The summed E-state index contributed by atoms with van der Waals surface area (Å²) in [4.78, 5) is 12.0. The average molecular weight is 390 g/mol. The Balaban J connectivity index is 1.74. The molecule has 0 aliphatic rings. The molecular weight excluding hydrogens is 366 g/mol. The van der Waals surface area contributed by atoms with E-state index in [1.165, 1.54) is 11.1 Å². The molecule has 0 heterocycles. The van der Waals surface area contributed by atoms with Crippen molar-refractivity contribution in [3.8, 4) is 5.75 Å². The molecule has 4 heteroatoms. The van der Waals surface area contributed by atoms with Crippen molar-refractivity contribution in [3.63, 3.8) is 0 Å². The van der Waals surface area contributed by atoms with Gasteiger partial charge in [0.05, 0.1) is 4.47 Å². The molecule has 0 saturated carbocycles. The zero-order chi connectivity index (χ0) is 17.4. The van der Waals surface area contributed by atoms with Crippen LogP contribution in [0.1, 0.15) is 31.4 Å². The first kappa shape index (κ1) is 18.5. The molecule has 1 N–H and O–H groups in total. The number of carbonyl (C=O) groups excluding carboxylic acids is 1. The van der Waals surface area contributed by atoms with Gasteiger partial charge >= 0.3 is 0 Å². The number of benzene rings is 2. The highest BCUT2D eigenvalue weighted by Crippen LogP contribution is 2.26. The van der Waals surface area contributed by atoms with Crippen LogP contribution < -0.4 is 10.1 Å². The molecule has 0 saturated heterocycles. The highest BCUT2D eigenvalue weighted by molar-refractivity contribution is 9.10. The van der Waals surface area contributed by atoms with Crippen molar-refractivity contribution < 1.29 is 9.53 Å². The molecule has 24 heavy (non-hydrogen) atoms. The van der Waals surface area contributed by atoms with Gasteiger partial charge in [0.2, 0.25) is 0 Å². The molecule has 0 aliphatic heterocycles. The minimum absolute atomic E-state index is 0.0275. The summed E-state index contributed by atoms with van der Waals surface area (Å²) >= 11 is 3.48. The van der Waals surface area contributed by atoms with Crippen LogP contribution in [-0.4, -0.2) is 18.6 Å². The molecule has 0 radical (unpaired) electrons.